The zero-order valence-electron chi connectivity index (χ0n) is 53.1. The molecular formula is C62H98N4O16. The molecule has 0 aliphatic carbocycles. The summed E-state index contributed by atoms with van der Waals surface area (Å²) < 4.78 is 76.1. The molecule has 0 amide bonds. The van der Waals surface area contributed by atoms with Gasteiger partial charge in [0, 0.05) is 95.7 Å². The standard InChI is InChI=1S/C62H98N4O16/c1-51(2)31-59(32-52(3,4)63(51)17)75-27-39(79-59)23-71-47(67)43-21-45(49(69)73-25-41-29-77-61(81-41)35-55(9,10)65(19)56(11,12)36-61)46(50(70)74-26-42-30-78-62(82-42)37-57(13,14)66(20)58(15,16)38-62)22-44(43)48(68)72-24-40-28-76-60(80-40)33-53(5,6)64(18)54(7,8)34-60/h21-22,39-42H,23-38H2,1-20H3. The van der Waals surface area contributed by atoms with Crippen LogP contribution in [0.15, 0.2) is 12.1 Å². The molecule has 82 heavy (non-hydrogen) atoms. The molecular weight excluding hydrogens is 1060 g/mol. The van der Waals surface area contributed by atoms with E-state index in [1.165, 1.54) is 0 Å². The summed E-state index contributed by atoms with van der Waals surface area (Å²) in [6.45, 7) is 33.9. The van der Waals surface area contributed by atoms with Gasteiger partial charge in [-0.2, -0.15) is 0 Å². The molecule has 8 saturated heterocycles. The first-order valence-corrected chi connectivity index (χ1v) is 29.7. The Hall–Kier alpha value is -3.38. The molecule has 0 N–H and O–H groups in total. The number of ether oxygens (including phenoxy) is 12. The second-order valence-corrected chi connectivity index (χ2v) is 30.3. The minimum Gasteiger partial charge on any atom is -0.459 e. The first kappa shape index (κ1) is 63.1. The maximum atomic E-state index is 14.7. The number of hydrogen-bond donors (Lipinski definition) is 0. The van der Waals surface area contributed by atoms with Gasteiger partial charge in [0.05, 0.1) is 48.7 Å². The molecule has 8 fully saturated rings. The highest BCUT2D eigenvalue weighted by Crippen LogP contribution is 2.52. The third-order valence-corrected chi connectivity index (χ3v) is 20.2. The molecule has 4 unspecified atom stereocenters. The fraction of sp³-hybridized carbons (Fsp3) is 0.839. The lowest BCUT2D eigenvalue weighted by molar-refractivity contribution is -0.244. The molecule has 1 aromatic rings. The van der Waals surface area contributed by atoms with Crippen LogP contribution in [0.4, 0.5) is 0 Å². The number of likely N-dealkylation sites (tertiary alicyclic amines) is 4. The van der Waals surface area contributed by atoms with Crippen LogP contribution in [-0.2, 0) is 56.8 Å². The molecule has 4 spiro atoms. The van der Waals surface area contributed by atoms with Crippen molar-refractivity contribution in [3.8, 4) is 0 Å². The van der Waals surface area contributed by atoms with E-state index in [1.54, 1.807) is 0 Å². The minimum absolute atomic E-state index is 0.152. The van der Waals surface area contributed by atoms with E-state index in [4.69, 9.17) is 56.8 Å². The molecule has 1 aromatic carbocycles. The van der Waals surface area contributed by atoms with Crippen molar-refractivity contribution in [3.63, 3.8) is 0 Å². The number of esters is 4. The van der Waals surface area contributed by atoms with E-state index in [0.717, 1.165) is 12.1 Å². The van der Waals surface area contributed by atoms with Crippen molar-refractivity contribution < 1.29 is 76.0 Å². The fourth-order valence-corrected chi connectivity index (χ4v) is 15.5. The Morgan fingerprint density at radius 3 is 0.659 bits per heavy atom. The molecule has 4 atom stereocenters. The Labute approximate surface area is 487 Å². The SMILES string of the molecule is CN1C(C)(C)CC2(CC1(C)C)OCC(COC(=O)c1cc(C(=O)OCC3COC4(CC(C)(C)N(C)C(C)(C)C4)O3)c(C(=O)OCC3COC4(CC(C)(C)N(C)C(C)(C)C4)O3)cc1C(=O)OCC1COC3(CC(C)(C)N(C)C(C)(C)C3)O1)O2. The predicted molar refractivity (Wildman–Crippen MR) is 302 cm³/mol. The van der Waals surface area contributed by atoms with E-state index in [-0.39, 0.29) is 119 Å². The summed E-state index contributed by atoms with van der Waals surface area (Å²) in [5, 5.41) is 0. The van der Waals surface area contributed by atoms with E-state index in [2.05, 4.69) is 159 Å². The fourth-order valence-electron chi connectivity index (χ4n) is 15.5. The first-order chi connectivity index (χ1) is 37.6. The van der Waals surface area contributed by atoms with Crippen LogP contribution in [0.2, 0.25) is 0 Å². The minimum atomic E-state index is -0.975. The summed E-state index contributed by atoms with van der Waals surface area (Å²) in [6.07, 6.45) is 2.01. The van der Waals surface area contributed by atoms with Gasteiger partial charge in [-0.1, -0.05) is 0 Å². The van der Waals surface area contributed by atoms with Gasteiger partial charge in [0.15, 0.2) is 23.1 Å². The Morgan fingerprint density at radius 1 is 0.341 bits per heavy atom. The van der Waals surface area contributed by atoms with Crippen LogP contribution in [0.3, 0.4) is 0 Å². The molecule has 462 valence electrons. The monoisotopic (exact) mass is 1150 g/mol. The number of carbonyl (C=O) groups is 4. The maximum Gasteiger partial charge on any atom is 0.339 e. The second kappa shape index (κ2) is 21.2. The van der Waals surface area contributed by atoms with Gasteiger partial charge in [0.25, 0.3) is 0 Å². The van der Waals surface area contributed by atoms with Crippen molar-refractivity contribution in [1.82, 2.24) is 19.6 Å². The zero-order chi connectivity index (χ0) is 60.5. The Bertz CT molecular complexity index is 2210. The van der Waals surface area contributed by atoms with Crippen LogP contribution in [0.5, 0.6) is 0 Å². The topological polar surface area (TPSA) is 192 Å². The van der Waals surface area contributed by atoms with Gasteiger partial charge < -0.3 is 56.8 Å². The molecule has 0 bridgehead atoms. The number of nitrogens with zero attached hydrogens (tertiary/aromatic N) is 4. The van der Waals surface area contributed by atoms with Gasteiger partial charge >= 0.3 is 23.9 Å². The highest BCUT2D eigenvalue weighted by Gasteiger charge is 2.60. The normalized spacial score (nSPS) is 31.6. The van der Waals surface area contributed by atoms with Gasteiger partial charge in [-0.15, -0.1) is 0 Å². The lowest BCUT2D eigenvalue weighted by Crippen LogP contribution is -2.64. The summed E-state index contributed by atoms with van der Waals surface area (Å²) in [6, 6.07) is 2.28. The van der Waals surface area contributed by atoms with Crippen LogP contribution >= 0.6 is 0 Å². The lowest BCUT2D eigenvalue weighted by atomic mass is 9.76. The molecule has 8 heterocycles. The van der Waals surface area contributed by atoms with Crippen molar-refractivity contribution in [2.75, 3.05) is 81.0 Å². The largest absolute Gasteiger partial charge is 0.459 e. The van der Waals surface area contributed by atoms with Crippen molar-refractivity contribution in [1.29, 1.82) is 0 Å². The van der Waals surface area contributed by atoms with Crippen LogP contribution in [0, 0.1) is 0 Å². The quantitative estimate of drug-likeness (QED) is 0.145. The summed E-state index contributed by atoms with van der Waals surface area (Å²) in [5.41, 5.74) is -3.55. The third-order valence-electron chi connectivity index (χ3n) is 20.2. The van der Waals surface area contributed by atoms with Gasteiger partial charge in [-0.05, 0) is 151 Å². The maximum absolute atomic E-state index is 14.7. The predicted octanol–water partition coefficient (Wildman–Crippen LogP) is 7.89. The highest BCUT2D eigenvalue weighted by molar-refractivity contribution is 6.10. The first-order valence-electron chi connectivity index (χ1n) is 29.7. The number of carbonyl (C=O) groups excluding carboxylic acids is 4. The molecule has 0 aromatic heterocycles. The molecule has 0 radical (unpaired) electrons. The summed E-state index contributed by atoms with van der Waals surface area (Å²) in [5.74, 6) is -7.57. The van der Waals surface area contributed by atoms with Gasteiger partial charge in [-0.25, -0.2) is 19.2 Å². The summed E-state index contributed by atoms with van der Waals surface area (Å²) in [7, 11) is 8.37. The Kier molecular flexibility index (Phi) is 16.3. The van der Waals surface area contributed by atoms with Gasteiger partial charge in [0.2, 0.25) is 0 Å². The Balaban J connectivity index is 0.993. The van der Waals surface area contributed by atoms with E-state index < -0.39 is 71.4 Å². The van der Waals surface area contributed by atoms with E-state index in [0.29, 0.717) is 51.4 Å². The number of benzene rings is 1. The molecule has 0 saturated carbocycles. The average Bonchev–Trinajstić information content (AvgIpc) is 3.54. The molecule has 8 aliphatic rings. The molecule has 8 aliphatic heterocycles. The van der Waals surface area contributed by atoms with Crippen LogP contribution in [0.1, 0.15) is 204 Å². The van der Waals surface area contributed by atoms with Crippen molar-refractivity contribution in [3.05, 3.63) is 34.4 Å². The van der Waals surface area contributed by atoms with Crippen LogP contribution in [-0.4, -0.2) is 216 Å². The number of hydrogen-bond acceptors (Lipinski definition) is 20. The molecule has 20 nitrogen and oxygen atoms in total. The van der Waals surface area contributed by atoms with Crippen molar-refractivity contribution in [2.45, 2.75) is 254 Å². The summed E-state index contributed by atoms with van der Waals surface area (Å²) in [4.78, 5) is 68.1. The average molecular weight is 1160 g/mol. The van der Waals surface area contributed by atoms with Crippen LogP contribution < -0.4 is 0 Å². The van der Waals surface area contributed by atoms with E-state index in [9.17, 15) is 19.2 Å². The van der Waals surface area contributed by atoms with E-state index >= 15 is 0 Å². The third kappa shape index (κ3) is 12.3. The molecule has 9 rings (SSSR count). The van der Waals surface area contributed by atoms with Crippen LogP contribution in [0.25, 0.3) is 0 Å². The number of rotatable bonds is 12. The zero-order valence-corrected chi connectivity index (χ0v) is 53.1. The molecule has 20 heteroatoms. The van der Waals surface area contributed by atoms with E-state index in [1.807, 2.05) is 0 Å². The van der Waals surface area contributed by atoms with Crippen molar-refractivity contribution in [2.24, 2.45) is 0 Å². The summed E-state index contributed by atoms with van der Waals surface area (Å²) >= 11 is 0. The smallest absolute Gasteiger partial charge is 0.339 e. The van der Waals surface area contributed by atoms with Gasteiger partial charge in [0.1, 0.15) is 50.8 Å². The van der Waals surface area contributed by atoms with Crippen molar-refractivity contribution >= 4 is 23.9 Å². The second-order valence-electron chi connectivity index (χ2n) is 30.3. The Morgan fingerprint density at radius 2 is 0.500 bits per heavy atom. The lowest BCUT2D eigenvalue weighted by Gasteiger charge is -2.56. The number of piperidine rings is 4. The van der Waals surface area contributed by atoms with Gasteiger partial charge in [-0.3, -0.25) is 19.6 Å². The highest BCUT2D eigenvalue weighted by atomic mass is 16.8.